The number of ketones is 1. The van der Waals surface area contributed by atoms with Crippen molar-refractivity contribution in [1.82, 2.24) is 9.21 Å². The Labute approximate surface area is 189 Å². The quantitative estimate of drug-likeness (QED) is 0.462. The standard InChI is InChI=1S/C24H18F2N2O4S/c25-21-8-6-16(14-22(21)26)33(31,32)28-11-9-27(10-12-28)24(30)15-5-7-18-17-3-1-2-4-19(17)23(29)20(18)13-15/h1-8,13-14H,9-12H2. The molecule has 0 saturated carbocycles. The molecular weight excluding hydrogens is 450 g/mol. The number of carbonyl (C=O) groups excluding carboxylic acids is 2. The third-order valence-electron chi connectivity index (χ3n) is 6.03. The number of halogens is 2. The molecule has 0 N–H and O–H groups in total. The van der Waals surface area contributed by atoms with Crippen LogP contribution in [0.3, 0.4) is 0 Å². The van der Waals surface area contributed by atoms with Crippen LogP contribution in [0.5, 0.6) is 0 Å². The smallest absolute Gasteiger partial charge is 0.253 e. The molecule has 1 aliphatic carbocycles. The van der Waals surface area contributed by atoms with Crippen molar-refractivity contribution < 1.29 is 26.8 Å². The van der Waals surface area contributed by atoms with Gasteiger partial charge in [0.15, 0.2) is 17.4 Å². The minimum Gasteiger partial charge on any atom is -0.336 e. The SMILES string of the molecule is O=C1c2ccccc2-c2ccc(C(=O)N3CCN(S(=O)(=O)c4ccc(F)c(F)c4)CC3)cc21. The van der Waals surface area contributed by atoms with Crippen molar-refractivity contribution in [3.8, 4) is 11.1 Å². The summed E-state index contributed by atoms with van der Waals surface area (Å²) in [5.74, 6) is -2.79. The lowest BCUT2D eigenvalue weighted by Crippen LogP contribution is -2.50. The van der Waals surface area contributed by atoms with Crippen LogP contribution >= 0.6 is 0 Å². The van der Waals surface area contributed by atoms with E-state index in [0.717, 1.165) is 27.6 Å². The molecule has 2 aliphatic rings. The first kappa shape index (κ1) is 21.4. The number of piperazine rings is 1. The van der Waals surface area contributed by atoms with E-state index in [9.17, 15) is 26.8 Å². The number of nitrogens with zero attached hydrogens (tertiary/aromatic N) is 2. The van der Waals surface area contributed by atoms with Gasteiger partial charge in [-0.1, -0.05) is 30.3 Å². The number of benzene rings is 3. The molecule has 1 aliphatic heterocycles. The van der Waals surface area contributed by atoms with Crippen LogP contribution in [0.15, 0.2) is 65.6 Å². The molecule has 168 valence electrons. The molecule has 3 aromatic carbocycles. The fourth-order valence-electron chi connectivity index (χ4n) is 4.26. The number of sulfonamides is 1. The predicted octanol–water partition coefficient (Wildman–Crippen LogP) is 3.32. The van der Waals surface area contributed by atoms with E-state index < -0.39 is 21.7 Å². The predicted molar refractivity (Wildman–Crippen MR) is 116 cm³/mol. The van der Waals surface area contributed by atoms with Gasteiger partial charge in [-0.05, 0) is 41.5 Å². The van der Waals surface area contributed by atoms with Gasteiger partial charge in [0.05, 0.1) is 4.90 Å². The van der Waals surface area contributed by atoms with Crippen LogP contribution in [0.1, 0.15) is 26.3 Å². The molecular formula is C24H18F2N2O4S. The van der Waals surface area contributed by atoms with Crippen LogP contribution in [0.25, 0.3) is 11.1 Å². The Morgan fingerprint density at radius 3 is 2.12 bits per heavy atom. The Morgan fingerprint density at radius 2 is 1.42 bits per heavy atom. The highest BCUT2D eigenvalue weighted by Crippen LogP contribution is 2.37. The van der Waals surface area contributed by atoms with Gasteiger partial charge < -0.3 is 4.90 Å². The van der Waals surface area contributed by atoms with Gasteiger partial charge in [-0.15, -0.1) is 0 Å². The molecule has 0 aromatic heterocycles. The molecule has 1 fully saturated rings. The summed E-state index contributed by atoms with van der Waals surface area (Å²) in [7, 11) is -4.02. The Balaban J connectivity index is 1.32. The minimum absolute atomic E-state index is 0.0163. The monoisotopic (exact) mass is 468 g/mol. The summed E-state index contributed by atoms with van der Waals surface area (Å²) in [4.78, 5) is 27.0. The zero-order valence-corrected chi connectivity index (χ0v) is 18.1. The highest BCUT2D eigenvalue weighted by atomic mass is 32.2. The summed E-state index contributed by atoms with van der Waals surface area (Å²) in [6, 6.07) is 14.7. The van der Waals surface area contributed by atoms with Gasteiger partial charge in [0.25, 0.3) is 5.91 Å². The Kier molecular flexibility index (Phi) is 5.10. The second-order valence-corrected chi connectivity index (χ2v) is 9.85. The largest absolute Gasteiger partial charge is 0.336 e. The number of hydrogen-bond acceptors (Lipinski definition) is 4. The zero-order chi connectivity index (χ0) is 23.3. The fraction of sp³-hybridized carbons (Fsp3) is 0.167. The normalized spacial score (nSPS) is 15.9. The summed E-state index contributed by atoms with van der Waals surface area (Å²) in [5, 5.41) is 0. The lowest BCUT2D eigenvalue weighted by molar-refractivity contribution is 0.0698. The highest BCUT2D eigenvalue weighted by molar-refractivity contribution is 7.89. The number of amides is 1. The number of carbonyl (C=O) groups is 2. The maximum atomic E-state index is 13.5. The van der Waals surface area contributed by atoms with Crippen molar-refractivity contribution in [2.24, 2.45) is 0 Å². The van der Waals surface area contributed by atoms with Crippen LogP contribution in [0.4, 0.5) is 8.78 Å². The van der Waals surface area contributed by atoms with Gasteiger partial charge in [-0.25, -0.2) is 17.2 Å². The molecule has 0 radical (unpaired) electrons. The van der Waals surface area contributed by atoms with Crippen LogP contribution in [0, 0.1) is 11.6 Å². The maximum absolute atomic E-state index is 13.5. The van der Waals surface area contributed by atoms with Crippen molar-refractivity contribution in [2.45, 2.75) is 4.90 Å². The molecule has 6 nitrogen and oxygen atoms in total. The Bertz CT molecular complexity index is 1410. The molecule has 0 atom stereocenters. The van der Waals surface area contributed by atoms with Crippen LogP contribution < -0.4 is 0 Å². The summed E-state index contributed by atoms with van der Waals surface area (Å²) < 4.78 is 53.3. The first-order chi connectivity index (χ1) is 15.8. The van der Waals surface area contributed by atoms with Gasteiger partial charge >= 0.3 is 0 Å². The third-order valence-corrected chi connectivity index (χ3v) is 7.92. The third kappa shape index (κ3) is 3.53. The minimum atomic E-state index is -4.02. The molecule has 5 rings (SSSR count). The molecule has 0 bridgehead atoms. The van der Waals surface area contributed by atoms with E-state index in [-0.39, 0.29) is 42.8 Å². The van der Waals surface area contributed by atoms with E-state index in [1.54, 1.807) is 30.3 Å². The second-order valence-electron chi connectivity index (χ2n) is 7.91. The van der Waals surface area contributed by atoms with Gasteiger partial charge in [0.2, 0.25) is 10.0 Å². The number of rotatable bonds is 3. The average molecular weight is 468 g/mol. The summed E-state index contributed by atoms with van der Waals surface area (Å²) >= 11 is 0. The van der Waals surface area contributed by atoms with Crippen molar-refractivity contribution in [2.75, 3.05) is 26.2 Å². The molecule has 0 unspecified atom stereocenters. The molecule has 1 amide bonds. The zero-order valence-electron chi connectivity index (χ0n) is 17.3. The van der Waals surface area contributed by atoms with Crippen molar-refractivity contribution in [1.29, 1.82) is 0 Å². The van der Waals surface area contributed by atoms with Gasteiger partial charge in [-0.2, -0.15) is 4.31 Å². The second kappa shape index (κ2) is 7.86. The van der Waals surface area contributed by atoms with Gasteiger partial charge in [0.1, 0.15) is 0 Å². The summed E-state index contributed by atoms with van der Waals surface area (Å²) in [6.45, 7) is 0.296. The molecule has 1 heterocycles. The number of fused-ring (bicyclic) bond motifs is 3. The van der Waals surface area contributed by atoms with Crippen LogP contribution in [-0.4, -0.2) is 55.5 Å². The van der Waals surface area contributed by atoms with Gasteiger partial charge in [0, 0.05) is 42.9 Å². The first-order valence-electron chi connectivity index (χ1n) is 10.3. The van der Waals surface area contributed by atoms with Crippen molar-refractivity contribution in [3.05, 3.63) is 89.0 Å². The van der Waals surface area contributed by atoms with E-state index in [1.807, 2.05) is 12.1 Å². The van der Waals surface area contributed by atoms with E-state index in [4.69, 9.17) is 0 Å². The molecule has 0 spiro atoms. The van der Waals surface area contributed by atoms with Crippen molar-refractivity contribution in [3.63, 3.8) is 0 Å². The fourth-order valence-corrected chi connectivity index (χ4v) is 5.70. The molecule has 33 heavy (non-hydrogen) atoms. The van der Waals surface area contributed by atoms with Crippen LogP contribution in [-0.2, 0) is 10.0 Å². The van der Waals surface area contributed by atoms with E-state index in [0.29, 0.717) is 22.8 Å². The topological polar surface area (TPSA) is 74.8 Å². The maximum Gasteiger partial charge on any atom is 0.253 e. The molecule has 9 heteroatoms. The molecule has 3 aromatic rings. The van der Waals surface area contributed by atoms with E-state index in [2.05, 4.69) is 0 Å². The lowest BCUT2D eigenvalue weighted by Gasteiger charge is -2.34. The lowest BCUT2D eigenvalue weighted by atomic mass is 10.0. The Morgan fingerprint density at radius 1 is 0.758 bits per heavy atom. The first-order valence-corrected chi connectivity index (χ1v) is 11.7. The highest BCUT2D eigenvalue weighted by Gasteiger charge is 2.32. The Hall–Kier alpha value is -3.43. The number of hydrogen-bond donors (Lipinski definition) is 0. The van der Waals surface area contributed by atoms with E-state index in [1.165, 1.54) is 4.90 Å². The van der Waals surface area contributed by atoms with Gasteiger partial charge in [-0.3, -0.25) is 9.59 Å². The van der Waals surface area contributed by atoms with Crippen LogP contribution in [0.2, 0.25) is 0 Å². The summed E-state index contributed by atoms with van der Waals surface area (Å²) in [6.07, 6.45) is 0. The van der Waals surface area contributed by atoms with Crippen molar-refractivity contribution >= 4 is 21.7 Å². The summed E-state index contributed by atoms with van der Waals surface area (Å²) in [5.41, 5.74) is 3.06. The average Bonchev–Trinajstić information content (AvgIpc) is 3.12. The molecule has 1 saturated heterocycles. The van der Waals surface area contributed by atoms with E-state index >= 15 is 0 Å².